The normalized spacial score (nSPS) is 15.5. The molecule has 0 N–H and O–H groups in total. The number of anilines is 2. The molecule has 0 atom stereocenters. The van der Waals surface area contributed by atoms with Crippen molar-refractivity contribution in [1.29, 1.82) is 0 Å². The SMILES string of the molecule is Cc1cncc(N2CCN(c3nc4ccccc4o3)CC2)n1. The predicted molar refractivity (Wildman–Crippen MR) is 85.2 cm³/mol. The lowest BCUT2D eigenvalue weighted by Gasteiger charge is -2.34. The number of fused-ring (bicyclic) bond motifs is 1. The minimum atomic E-state index is 0.705. The third-order valence-corrected chi connectivity index (χ3v) is 3.90. The molecular formula is C16H17N5O. The Morgan fingerprint density at radius 3 is 2.50 bits per heavy atom. The van der Waals surface area contributed by atoms with Gasteiger partial charge in [-0.25, -0.2) is 4.98 Å². The van der Waals surface area contributed by atoms with Crippen LogP contribution in [0.5, 0.6) is 0 Å². The smallest absolute Gasteiger partial charge is 0.298 e. The van der Waals surface area contributed by atoms with E-state index in [-0.39, 0.29) is 0 Å². The second-order valence-corrected chi connectivity index (χ2v) is 5.46. The first-order valence-corrected chi connectivity index (χ1v) is 7.44. The van der Waals surface area contributed by atoms with Crippen LogP contribution in [0.15, 0.2) is 41.1 Å². The molecule has 1 aliphatic rings. The number of piperazine rings is 1. The summed E-state index contributed by atoms with van der Waals surface area (Å²) in [5, 5.41) is 0. The van der Waals surface area contributed by atoms with E-state index in [1.807, 2.05) is 37.4 Å². The fraction of sp³-hybridized carbons (Fsp3) is 0.312. The number of hydrogen-bond donors (Lipinski definition) is 0. The molecule has 1 saturated heterocycles. The molecule has 0 saturated carbocycles. The van der Waals surface area contributed by atoms with Crippen LogP contribution < -0.4 is 9.80 Å². The van der Waals surface area contributed by atoms with Gasteiger partial charge >= 0.3 is 0 Å². The standard InChI is InChI=1S/C16H17N5O/c1-12-10-17-11-15(18-12)20-6-8-21(9-7-20)16-19-13-4-2-3-5-14(13)22-16/h2-5,10-11H,6-9H2,1H3. The van der Waals surface area contributed by atoms with Crippen molar-refractivity contribution in [2.75, 3.05) is 36.0 Å². The van der Waals surface area contributed by atoms with E-state index in [4.69, 9.17) is 4.42 Å². The number of oxazole rings is 1. The third kappa shape index (κ3) is 2.36. The molecule has 4 rings (SSSR count). The summed E-state index contributed by atoms with van der Waals surface area (Å²) in [6.45, 7) is 5.46. The van der Waals surface area contributed by atoms with Crippen LogP contribution in [0.1, 0.15) is 5.69 Å². The number of rotatable bonds is 2. The van der Waals surface area contributed by atoms with Crippen molar-refractivity contribution < 1.29 is 4.42 Å². The maximum absolute atomic E-state index is 5.84. The topological polar surface area (TPSA) is 58.3 Å². The molecule has 0 bridgehead atoms. The lowest BCUT2D eigenvalue weighted by atomic mass is 10.3. The Hall–Kier alpha value is -2.63. The zero-order chi connectivity index (χ0) is 14.9. The summed E-state index contributed by atoms with van der Waals surface area (Å²) < 4.78 is 5.84. The lowest BCUT2D eigenvalue weighted by Crippen LogP contribution is -2.47. The maximum atomic E-state index is 5.84. The molecule has 2 aromatic heterocycles. The first-order chi connectivity index (χ1) is 10.8. The molecule has 1 aliphatic heterocycles. The van der Waals surface area contributed by atoms with Gasteiger partial charge in [-0.05, 0) is 19.1 Å². The zero-order valence-corrected chi connectivity index (χ0v) is 12.4. The van der Waals surface area contributed by atoms with E-state index >= 15 is 0 Å². The van der Waals surface area contributed by atoms with E-state index in [0.717, 1.165) is 48.8 Å². The largest absolute Gasteiger partial charge is 0.423 e. The maximum Gasteiger partial charge on any atom is 0.298 e. The molecule has 6 heteroatoms. The number of hydrogen-bond acceptors (Lipinski definition) is 6. The second-order valence-electron chi connectivity index (χ2n) is 5.46. The molecule has 0 unspecified atom stereocenters. The average molecular weight is 295 g/mol. The molecule has 3 heterocycles. The Kier molecular flexibility index (Phi) is 3.14. The van der Waals surface area contributed by atoms with Gasteiger partial charge in [0, 0.05) is 32.4 Å². The number of aryl methyl sites for hydroxylation is 1. The molecule has 3 aromatic rings. The van der Waals surface area contributed by atoms with Crippen LogP contribution in [-0.2, 0) is 0 Å². The monoisotopic (exact) mass is 295 g/mol. The van der Waals surface area contributed by atoms with Gasteiger partial charge in [0.2, 0.25) is 0 Å². The van der Waals surface area contributed by atoms with Gasteiger partial charge < -0.3 is 14.2 Å². The van der Waals surface area contributed by atoms with Gasteiger partial charge in [0.05, 0.1) is 11.9 Å². The minimum Gasteiger partial charge on any atom is -0.423 e. The van der Waals surface area contributed by atoms with Crippen LogP contribution in [0.3, 0.4) is 0 Å². The van der Waals surface area contributed by atoms with Crippen molar-refractivity contribution in [3.05, 3.63) is 42.4 Å². The van der Waals surface area contributed by atoms with Crippen molar-refractivity contribution in [2.24, 2.45) is 0 Å². The molecule has 112 valence electrons. The Bertz CT molecular complexity index is 759. The van der Waals surface area contributed by atoms with Gasteiger partial charge in [0.1, 0.15) is 11.3 Å². The summed E-state index contributed by atoms with van der Waals surface area (Å²) >= 11 is 0. The van der Waals surface area contributed by atoms with E-state index in [9.17, 15) is 0 Å². The third-order valence-electron chi connectivity index (χ3n) is 3.90. The summed E-state index contributed by atoms with van der Waals surface area (Å²) in [5.74, 6) is 0.942. The molecular weight excluding hydrogens is 278 g/mol. The Balaban J connectivity index is 1.49. The second kappa shape index (κ2) is 5.29. The van der Waals surface area contributed by atoms with Crippen LogP contribution >= 0.6 is 0 Å². The van der Waals surface area contributed by atoms with Crippen molar-refractivity contribution in [1.82, 2.24) is 15.0 Å². The summed E-state index contributed by atoms with van der Waals surface area (Å²) in [5.41, 5.74) is 2.69. The lowest BCUT2D eigenvalue weighted by molar-refractivity contribution is 0.540. The molecule has 1 aromatic carbocycles. The highest BCUT2D eigenvalue weighted by atomic mass is 16.4. The van der Waals surface area contributed by atoms with Crippen molar-refractivity contribution >= 4 is 22.9 Å². The van der Waals surface area contributed by atoms with Crippen molar-refractivity contribution in [2.45, 2.75) is 6.92 Å². The van der Waals surface area contributed by atoms with Gasteiger partial charge in [0.15, 0.2) is 5.58 Å². The van der Waals surface area contributed by atoms with Crippen molar-refractivity contribution in [3.63, 3.8) is 0 Å². The minimum absolute atomic E-state index is 0.705. The van der Waals surface area contributed by atoms with Crippen LogP contribution in [0, 0.1) is 6.92 Å². The highest BCUT2D eigenvalue weighted by Gasteiger charge is 2.22. The summed E-state index contributed by atoms with van der Waals surface area (Å²) in [6.07, 6.45) is 3.60. The van der Waals surface area contributed by atoms with Crippen molar-refractivity contribution in [3.8, 4) is 0 Å². The molecule has 6 nitrogen and oxygen atoms in total. The quantitative estimate of drug-likeness (QED) is 0.723. The summed E-state index contributed by atoms with van der Waals surface area (Å²) in [7, 11) is 0. The van der Waals surface area contributed by atoms with E-state index in [1.54, 1.807) is 6.20 Å². The van der Waals surface area contributed by atoms with Gasteiger partial charge in [-0.3, -0.25) is 4.98 Å². The number of nitrogens with zero attached hydrogens (tertiary/aromatic N) is 5. The highest BCUT2D eigenvalue weighted by molar-refractivity contribution is 5.74. The molecule has 0 radical (unpaired) electrons. The first kappa shape index (κ1) is 13.1. The molecule has 22 heavy (non-hydrogen) atoms. The van der Waals surface area contributed by atoms with Crippen LogP contribution in [-0.4, -0.2) is 41.1 Å². The van der Waals surface area contributed by atoms with Gasteiger partial charge in [-0.2, -0.15) is 4.98 Å². The average Bonchev–Trinajstić information content (AvgIpc) is 2.99. The number of para-hydroxylation sites is 2. The molecule has 1 fully saturated rings. The van der Waals surface area contributed by atoms with Crippen LogP contribution in [0.25, 0.3) is 11.1 Å². The molecule has 0 amide bonds. The fourth-order valence-corrected chi connectivity index (χ4v) is 2.72. The van der Waals surface area contributed by atoms with Crippen LogP contribution in [0.2, 0.25) is 0 Å². The summed E-state index contributed by atoms with van der Waals surface area (Å²) in [6, 6.07) is 8.57. The zero-order valence-electron chi connectivity index (χ0n) is 12.4. The fourth-order valence-electron chi connectivity index (χ4n) is 2.72. The van der Waals surface area contributed by atoms with E-state index in [1.165, 1.54) is 0 Å². The van der Waals surface area contributed by atoms with E-state index in [0.29, 0.717) is 6.01 Å². The van der Waals surface area contributed by atoms with E-state index < -0.39 is 0 Å². The van der Waals surface area contributed by atoms with Gasteiger partial charge in [-0.15, -0.1) is 0 Å². The highest BCUT2D eigenvalue weighted by Crippen LogP contribution is 2.23. The Morgan fingerprint density at radius 2 is 1.73 bits per heavy atom. The van der Waals surface area contributed by atoms with Gasteiger partial charge in [-0.1, -0.05) is 12.1 Å². The molecule has 0 spiro atoms. The Morgan fingerprint density at radius 1 is 0.955 bits per heavy atom. The van der Waals surface area contributed by atoms with Crippen LogP contribution in [0.4, 0.5) is 11.8 Å². The molecule has 0 aliphatic carbocycles. The van der Waals surface area contributed by atoms with Gasteiger partial charge in [0.25, 0.3) is 6.01 Å². The number of aromatic nitrogens is 3. The number of benzene rings is 1. The van der Waals surface area contributed by atoms with E-state index in [2.05, 4.69) is 24.8 Å². The predicted octanol–water partition coefficient (Wildman–Crippen LogP) is 2.25. The summed E-state index contributed by atoms with van der Waals surface area (Å²) in [4.78, 5) is 17.7. The first-order valence-electron chi connectivity index (χ1n) is 7.44. The Labute approximate surface area is 128 Å².